The number of benzene rings is 1. The van der Waals surface area contributed by atoms with Gasteiger partial charge in [-0.25, -0.2) is 0 Å². The number of pyridine rings is 1. The first-order valence-electron chi connectivity index (χ1n) is 6.17. The van der Waals surface area contributed by atoms with Crippen LogP contribution in [0.4, 0.5) is 0 Å². The Labute approximate surface area is 144 Å². The first kappa shape index (κ1) is 20.1. The maximum atomic E-state index is 12.2. The molecule has 0 atom stereocenters. The molecule has 0 bridgehead atoms. The third-order valence-electron chi connectivity index (χ3n) is 2.81. The Hall–Kier alpha value is -0.880. The molecule has 3 N–H and O–H groups in total. The van der Waals surface area contributed by atoms with Crippen LogP contribution in [0, 0.1) is 6.92 Å². The predicted molar refractivity (Wildman–Crippen MR) is 94.7 cm³/mol. The van der Waals surface area contributed by atoms with E-state index in [1.54, 1.807) is 0 Å². The third-order valence-corrected chi connectivity index (χ3v) is 3.30. The maximum Gasteiger partial charge on any atom is 0.252 e. The van der Waals surface area contributed by atoms with Gasteiger partial charge in [0.1, 0.15) is 0 Å². The molecule has 21 heavy (non-hydrogen) atoms. The summed E-state index contributed by atoms with van der Waals surface area (Å²) in [6.45, 7) is 3.05. The van der Waals surface area contributed by atoms with Crippen LogP contribution in [-0.4, -0.2) is 24.0 Å². The molecular weight excluding hydrogens is 377 g/mol. The number of hydrogen-bond donors (Lipinski definition) is 2. The zero-order valence-corrected chi connectivity index (χ0v) is 14.8. The Morgan fingerprint density at radius 3 is 2.71 bits per heavy atom. The molecule has 2 rings (SSSR count). The largest absolute Gasteiger partial charge is 0.352 e. The fourth-order valence-electron chi connectivity index (χ4n) is 1.92. The van der Waals surface area contributed by atoms with E-state index in [2.05, 4.69) is 26.2 Å². The minimum atomic E-state index is -0.0814. The first-order chi connectivity index (χ1) is 9.11. The van der Waals surface area contributed by atoms with Gasteiger partial charge in [-0.2, -0.15) is 0 Å². The summed E-state index contributed by atoms with van der Waals surface area (Å²) in [7, 11) is 0. The molecule has 4 nitrogen and oxygen atoms in total. The van der Waals surface area contributed by atoms with Gasteiger partial charge >= 0.3 is 0 Å². The molecule has 1 amide bonds. The number of carbonyl (C=O) groups is 1. The van der Waals surface area contributed by atoms with Crippen molar-refractivity contribution in [3.8, 4) is 0 Å². The van der Waals surface area contributed by atoms with Gasteiger partial charge in [-0.05, 0) is 44.2 Å². The SMILES string of the molecule is Cc1cc(C(=O)NCCCN)c2cc(Br)ccc2n1.Cl.Cl. The highest BCUT2D eigenvalue weighted by molar-refractivity contribution is 9.10. The Bertz CT molecular complexity index is 622. The molecule has 0 saturated carbocycles. The second-order valence-corrected chi connectivity index (χ2v) is 5.29. The summed E-state index contributed by atoms with van der Waals surface area (Å²) >= 11 is 3.42. The fraction of sp³-hybridized carbons (Fsp3) is 0.286. The van der Waals surface area contributed by atoms with Crippen molar-refractivity contribution in [3.63, 3.8) is 0 Å². The molecule has 0 aliphatic rings. The minimum Gasteiger partial charge on any atom is -0.352 e. The van der Waals surface area contributed by atoms with Crippen molar-refractivity contribution in [1.29, 1.82) is 0 Å². The highest BCUT2D eigenvalue weighted by atomic mass is 79.9. The van der Waals surface area contributed by atoms with Crippen molar-refractivity contribution in [2.75, 3.05) is 13.1 Å². The van der Waals surface area contributed by atoms with Gasteiger partial charge in [0.2, 0.25) is 0 Å². The Morgan fingerprint density at radius 1 is 1.33 bits per heavy atom. The summed E-state index contributed by atoms with van der Waals surface area (Å²) in [4.78, 5) is 16.6. The van der Waals surface area contributed by atoms with E-state index in [1.807, 2.05) is 31.2 Å². The number of nitrogens with zero attached hydrogens (tertiary/aromatic N) is 1. The molecule has 0 radical (unpaired) electrons. The van der Waals surface area contributed by atoms with Gasteiger partial charge in [0.15, 0.2) is 0 Å². The van der Waals surface area contributed by atoms with Crippen LogP contribution in [0.15, 0.2) is 28.7 Å². The zero-order valence-electron chi connectivity index (χ0n) is 11.6. The van der Waals surface area contributed by atoms with Crippen LogP contribution < -0.4 is 11.1 Å². The summed E-state index contributed by atoms with van der Waals surface area (Å²) in [5.41, 5.74) is 7.73. The van der Waals surface area contributed by atoms with E-state index in [-0.39, 0.29) is 30.7 Å². The molecule has 1 aromatic carbocycles. The number of nitrogens with one attached hydrogen (secondary N) is 1. The lowest BCUT2D eigenvalue weighted by atomic mass is 10.1. The van der Waals surface area contributed by atoms with Crippen LogP contribution in [0.5, 0.6) is 0 Å². The van der Waals surface area contributed by atoms with Crippen molar-refractivity contribution in [1.82, 2.24) is 10.3 Å². The minimum absolute atomic E-state index is 0. The van der Waals surface area contributed by atoms with Crippen molar-refractivity contribution < 1.29 is 4.79 Å². The van der Waals surface area contributed by atoms with E-state index >= 15 is 0 Å². The summed E-state index contributed by atoms with van der Waals surface area (Å²) in [5, 5.41) is 3.73. The Morgan fingerprint density at radius 2 is 2.05 bits per heavy atom. The number of nitrogens with two attached hydrogens (primary N) is 1. The number of aryl methyl sites for hydroxylation is 1. The molecule has 1 heterocycles. The number of halogens is 3. The van der Waals surface area contributed by atoms with Gasteiger partial charge in [0.25, 0.3) is 5.91 Å². The second kappa shape index (κ2) is 9.20. The smallest absolute Gasteiger partial charge is 0.252 e. The van der Waals surface area contributed by atoms with E-state index < -0.39 is 0 Å². The van der Waals surface area contributed by atoms with Crippen LogP contribution >= 0.6 is 40.7 Å². The number of hydrogen-bond acceptors (Lipinski definition) is 3. The van der Waals surface area contributed by atoms with Gasteiger partial charge in [-0.1, -0.05) is 15.9 Å². The van der Waals surface area contributed by atoms with Crippen LogP contribution in [0.25, 0.3) is 10.9 Å². The van der Waals surface area contributed by atoms with Crippen molar-refractivity contribution in [3.05, 3.63) is 40.0 Å². The molecule has 2 aromatic rings. The Balaban J connectivity index is 0.00000200. The van der Waals surface area contributed by atoms with Crippen LogP contribution in [-0.2, 0) is 0 Å². The van der Waals surface area contributed by atoms with E-state index in [1.165, 1.54) is 0 Å². The van der Waals surface area contributed by atoms with Crippen LogP contribution in [0.3, 0.4) is 0 Å². The molecule has 116 valence electrons. The van der Waals surface area contributed by atoms with Gasteiger partial charge in [-0.3, -0.25) is 9.78 Å². The quantitative estimate of drug-likeness (QED) is 0.782. The maximum absolute atomic E-state index is 12.2. The summed E-state index contributed by atoms with van der Waals surface area (Å²) in [6, 6.07) is 7.56. The van der Waals surface area contributed by atoms with Gasteiger partial charge < -0.3 is 11.1 Å². The van der Waals surface area contributed by atoms with E-state index in [9.17, 15) is 4.79 Å². The zero-order chi connectivity index (χ0) is 13.8. The number of fused-ring (bicyclic) bond motifs is 1. The lowest BCUT2D eigenvalue weighted by Crippen LogP contribution is -2.26. The number of rotatable bonds is 4. The molecule has 0 aliphatic carbocycles. The Kier molecular flexibility index (Phi) is 8.82. The highest BCUT2D eigenvalue weighted by Crippen LogP contribution is 2.22. The van der Waals surface area contributed by atoms with Crippen LogP contribution in [0.2, 0.25) is 0 Å². The van der Waals surface area contributed by atoms with E-state index in [0.717, 1.165) is 27.5 Å². The molecule has 7 heteroatoms. The van der Waals surface area contributed by atoms with Gasteiger partial charge in [0.05, 0.1) is 11.1 Å². The molecule has 0 saturated heterocycles. The van der Waals surface area contributed by atoms with Crippen molar-refractivity contribution in [2.45, 2.75) is 13.3 Å². The van der Waals surface area contributed by atoms with E-state index in [4.69, 9.17) is 5.73 Å². The molecular formula is C14H18BrCl2N3O. The molecule has 0 fully saturated rings. The normalized spacial score (nSPS) is 9.67. The molecule has 0 aliphatic heterocycles. The van der Waals surface area contributed by atoms with E-state index in [0.29, 0.717) is 18.7 Å². The van der Waals surface area contributed by atoms with Crippen LogP contribution in [0.1, 0.15) is 22.5 Å². The summed E-state index contributed by atoms with van der Waals surface area (Å²) in [6.07, 6.45) is 0.775. The standard InChI is InChI=1S/C14H16BrN3O.2ClH/c1-9-7-12(14(19)17-6-2-5-16)11-8-10(15)3-4-13(11)18-9;;/h3-4,7-8H,2,5-6,16H2,1H3,(H,17,19);2*1H. The fourth-order valence-corrected chi connectivity index (χ4v) is 2.28. The summed E-state index contributed by atoms with van der Waals surface area (Å²) < 4.78 is 0.932. The second-order valence-electron chi connectivity index (χ2n) is 4.37. The molecule has 1 aromatic heterocycles. The average Bonchev–Trinajstić information content (AvgIpc) is 2.38. The molecule has 0 unspecified atom stereocenters. The van der Waals surface area contributed by atoms with Gasteiger partial charge in [0, 0.05) is 22.1 Å². The predicted octanol–water partition coefficient (Wildman–Crippen LogP) is 3.23. The average molecular weight is 395 g/mol. The van der Waals surface area contributed by atoms with Crippen molar-refractivity contribution >= 4 is 57.6 Å². The number of amides is 1. The third kappa shape index (κ3) is 5.11. The first-order valence-corrected chi connectivity index (χ1v) is 6.96. The lowest BCUT2D eigenvalue weighted by molar-refractivity contribution is 0.0955. The number of carbonyl (C=O) groups excluding carboxylic acids is 1. The molecule has 0 spiro atoms. The lowest BCUT2D eigenvalue weighted by Gasteiger charge is -2.09. The topological polar surface area (TPSA) is 68.0 Å². The van der Waals surface area contributed by atoms with Crippen molar-refractivity contribution in [2.24, 2.45) is 5.73 Å². The summed E-state index contributed by atoms with van der Waals surface area (Å²) in [5.74, 6) is -0.0814. The van der Waals surface area contributed by atoms with Gasteiger partial charge in [-0.15, -0.1) is 24.8 Å². The monoisotopic (exact) mass is 393 g/mol. The number of aromatic nitrogens is 1. The highest BCUT2D eigenvalue weighted by Gasteiger charge is 2.11.